The van der Waals surface area contributed by atoms with E-state index in [2.05, 4.69) is 10.6 Å². The molecule has 1 aromatic carbocycles. The molecule has 0 bridgehead atoms. The Morgan fingerprint density at radius 2 is 2.10 bits per heavy atom. The third-order valence-corrected chi connectivity index (χ3v) is 5.46. The van der Waals surface area contributed by atoms with Crippen molar-refractivity contribution in [2.24, 2.45) is 0 Å². The van der Waals surface area contributed by atoms with Gasteiger partial charge in [0, 0.05) is 25.1 Å². The van der Waals surface area contributed by atoms with Crippen LogP contribution >= 0.6 is 0 Å². The number of rotatable bonds is 6. The van der Waals surface area contributed by atoms with E-state index in [4.69, 9.17) is 14.2 Å². The maximum absolute atomic E-state index is 13.1. The quantitative estimate of drug-likeness (QED) is 0.495. The van der Waals surface area contributed by atoms with Crippen LogP contribution in [-0.2, 0) is 29.4 Å². The van der Waals surface area contributed by atoms with Crippen molar-refractivity contribution in [3.63, 3.8) is 0 Å². The standard InChI is InChI=1S/C20H23N3O7/c24-16(21-10-13-4-3-8-28-13)12-30-17(25)11-23-18(26)20(22-19(23)27)7-9-29-15-6-2-1-5-14(15)20/h1-2,5-6,13H,3-4,7-12H2,(H,21,24)(H,22,27)/t13-,20-/m0/s1. The molecule has 10 heteroatoms. The number of nitrogens with zero attached hydrogens (tertiary/aromatic N) is 1. The van der Waals surface area contributed by atoms with Gasteiger partial charge in [0.15, 0.2) is 12.1 Å². The zero-order valence-corrected chi connectivity index (χ0v) is 16.3. The summed E-state index contributed by atoms with van der Waals surface area (Å²) in [4.78, 5) is 50.3. The lowest BCUT2D eigenvalue weighted by molar-refractivity contribution is -0.151. The van der Waals surface area contributed by atoms with E-state index in [9.17, 15) is 19.2 Å². The van der Waals surface area contributed by atoms with E-state index < -0.39 is 42.5 Å². The number of fused-ring (bicyclic) bond motifs is 2. The van der Waals surface area contributed by atoms with Crippen LogP contribution in [0.1, 0.15) is 24.8 Å². The minimum absolute atomic E-state index is 0.0193. The fraction of sp³-hybridized carbons (Fsp3) is 0.500. The molecule has 4 amide bonds. The van der Waals surface area contributed by atoms with E-state index in [-0.39, 0.29) is 19.1 Å². The molecule has 0 saturated carbocycles. The van der Waals surface area contributed by atoms with Crippen molar-refractivity contribution in [3.8, 4) is 5.75 Å². The maximum Gasteiger partial charge on any atom is 0.326 e. The zero-order valence-electron chi connectivity index (χ0n) is 16.3. The number of carbonyl (C=O) groups excluding carboxylic acids is 4. The summed E-state index contributed by atoms with van der Waals surface area (Å²) in [6.07, 6.45) is 2.07. The number of nitrogens with one attached hydrogen (secondary N) is 2. The Labute approximate surface area is 172 Å². The van der Waals surface area contributed by atoms with Gasteiger partial charge in [-0.25, -0.2) is 4.79 Å². The Balaban J connectivity index is 1.33. The molecule has 10 nitrogen and oxygen atoms in total. The molecule has 0 aromatic heterocycles. The summed E-state index contributed by atoms with van der Waals surface area (Å²) in [5.41, 5.74) is -0.704. The Kier molecular flexibility index (Phi) is 5.58. The maximum atomic E-state index is 13.1. The average molecular weight is 417 g/mol. The van der Waals surface area contributed by atoms with Crippen molar-refractivity contribution in [1.82, 2.24) is 15.5 Å². The number of imide groups is 1. The van der Waals surface area contributed by atoms with Crippen LogP contribution in [0.25, 0.3) is 0 Å². The van der Waals surface area contributed by atoms with Crippen LogP contribution in [0.4, 0.5) is 4.79 Å². The predicted molar refractivity (Wildman–Crippen MR) is 101 cm³/mol. The van der Waals surface area contributed by atoms with Gasteiger partial charge >= 0.3 is 12.0 Å². The van der Waals surface area contributed by atoms with Gasteiger partial charge in [-0.1, -0.05) is 18.2 Å². The van der Waals surface area contributed by atoms with Gasteiger partial charge < -0.3 is 24.8 Å². The summed E-state index contributed by atoms with van der Waals surface area (Å²) in [5.74, 6) is -1.33. The molecular formula is C20H23N3O7. The number of para-hydroxylation sites is 1. The second-order valence-electron chi connectivity index (χ2n) is 7.42. The molecule has 3 heterocycles. The van der Waals surface area contributed by atoms with Gasteiger partial charge in [0.05, 0.1) is 12.7 Å². The van der Waals surface area contributed by atoms with Crippen LogP contribution in [0, 0.1) is 0 Å². The fourth-order valence-electron chi connectivity index (χ4n) is 3.92. The second kappa shape index (κ2) is 8.31. The fourth-order valence-corrected chi connectivity index (χ4v) is 3.92. The minimum Gasteiger partial charge on any atom is -0.493 e. The highest BCUT2D eigenvalue weighted by Crippen LogP contribution is 2.40. The molecule has 2 fully saturated rings. The van der Waals surface area contributed by atoms with Crippen molar-refractivity contribution < 1.29 is 33.4 Å². The number of benzene rings is 1. The van der Waals surface area contributed by atoms with Gasteiger partial charge in [-0.2, -0.15) is 0 Å². The number of urea groups is 1. The lowest BCUT2D eigenvalue weighted by Crippen LogP contribution is -2.47. The van der Waals surface area contributed by atoms with Gasteiger partial charge in [0.2, 0.25) is 0 Å². The molecule has 0 radical (unpaired) electrons. The summed E-state index contributed by atoms with van der Waals surface area (Å²) in [5, 5.41) is 5.34. The van der Waals surface area contributed by atoms with Crippen molar-refractivity contribution in [2.45, 2.75) is 30.9 Å². The largest absolute Gasteiger partial charge is 0.493 e. The van der Waals surface area contributed by atoms with Gasteiger partial charge in [-0.05, 0) is 18.9 Å². The van der Waals surface area contributed by atoms with Crippen LogP contribution in [0.15, 0.2) is 24.3 Å². The molecule has 30 heavy (non-hydrogen) atoms. The molecule has 1 aromatic rings. The molecule has 2 saturated heterocycles. The zero-order chi connectivity index (χ0) is 21.1. The lowest BCUT2D eigenvalue weighted by Gasteiger charge is -2.33. The third kappa shape index (κ3) is 3.82. The first kappa shape index (κ1) is 20.1. The summed E-state index contributed by atoms with van der Waals surface area (Å²) >= 11 is 0. The topological polar surface area (TPSA) is 123 Å². The average Bonchev–Trinajstić information content (AvgIpc) is 3.34. The van der Waals surface area contributed by atoms with Gasteiger partial charge in [-0.15, -0.1) is 0 Å². The number of hydrogen-bond acceptors (Lipinski definition) is 7. The van der Waals surface area contributed by atoms with Gasteiger partial charge in [0.25, 0.3) is 11.8 Å². The third-order valence-electron chi connectivity index (χ3n) is 5.46. The van der Waals surface area contributed by atoms with E-state index in [1.807, 2.05) is 0 Å². The number of hydrogen-bond donors (Lipinski definition) is 2. The van der Waals surface area contributed by atoms with Crippen LogP contribution in [-0.4, -0.2) is 67.7 Å². The SMILES string of the molecule is O=C(COC(=O)CN1C(=O)N[C@]2(CCOc3ccccc32)C1=O)NC[C@@H]1CCCO1. The Morgan fingerprint density at radius 3 is 2.90 bits per heavy atom. The highest BCUT2D eigenvalue weighted by molar-refractivity contribution is 6.09. The summed E-state index contributed by atoms with van der Waals surface area (Å²) in [7, 11) is 0. The second-order valence-corrected chi connectivity index (χ2v) is 7.42. The number of esters is 1. The molecule has 3 aliphatic rings. The predicted octanol–water partition coefficient (Wildman–Crippen LogP) is 0.0546. The van der Waals surface area contributed by atoms with Crippen LogP contribution in [0.3, 0.4) is 0 Å². The molecule has 1 spiro atoms. The highest BCUT2D eigenvalue weighted by Gasteiger charge is 2.55. The number of carbonyl (C=O) groups is 4. The van der Waals surface area contributed by atoms with Crippen LogP contribution < -0.4 is 15.4 Å². The number of ether oxygens (including phenoxy) is 3. The van der Waals surface area contributed by atoms with Crippen molar-refractivity contribution in [3.05, 3.63) is 29.8 Å². The molecule has 0 aliphatic carbocycles. The van der Waals surface area contributed by atoms with Crippen molar-refractivity contribution in [2.75, 3.05) is 32.9 Å². The first-order valence-corrected chi connectivity index (χ1v) is 9.90. The first-order chi connectivity index (χ1) is 14.5. The molecule has 2 atom stereocenters. The van der Waals surface area contributed by atoms with Gasteiger partial charge in [-0.3, -0.25) is 19.3 Å². The Hall–Kier alpha value is -3.14. The van der Waals surface area contributed by atoms with Gasteiger partial charge in [0.1, 0.15) is 12.3 Å². The Bertz CT molecular complexity index is 868. The smallest absolute Gasteiger partial charge is 0.326 e. The van der Waals surface area contributed by atoms with Crippen molar-refractivity contribution in [1.29, 1.82) is 0 Å². The molecule has 2 N–H and O–H groups in total. The first-order valence-electron chi connectivity index (χ1n) is 9.90. The normalized spacial score (nSPS) is 24.9. The summed E-state index contributed by atoms with van der Waals surface area (Å²) in [6, 6.07) is 6.28. The van der Waals surface area contributed by atoms with Crippen LogP contribution in [0.5, 0.6) is 5.75 Å². The Morgan fingerprint density at radius 1 is 1.27 bits per heavy atom. The minimum atomic E-state index is -1.26. The van der Waals surface area contributed by atoms with Crippen LogP contribution in [0.2, 0.25) is 0 Å². The highest BCUT2D eigenvalue weighted by atomic mass is 16.5. The molecule has 4 rings (SSSR count). The lowest BCUT2D eigenvalue weighted by atomic mass is 9.84. The van der Waals surface area contributed by atoms with E-state index >= 15 is 0 Å². The van der Waals surface area contributed by atoms with Crippen molar-refractivity contribution >= 4 is 23.8 Å². The molecule has 0 unspecified atom stereocenters. The van der Waals surface area contributed by atoms with E-state index in [0.717, 1.165) is 17.7 Å². The van der Waals surface area contributed by atoms with E-state index in [0.29, 0.717) is 24.5 Å². The summed E-state index contributed by atoms with van der Waals surface area (Å²) < 4.78 is 15.9. The summed E-state index contributed by atoms with van der Waals surface area (Å²) in [6.45, 7) is 0.227. The molecule has 160 valence electrons. The van der Waals surface area contributed by atoms with E-state index in [1.165, 1.54) is 0 Å². The molecule has 3 aliphatic heterocycles. The monoisotopic (exact) mass is 417 g/mol. The molecular weight excluding hydrogens is 394 g/mol. The van der Waals surface area contributed by atoms with E-state index in [1.54, 1.807) is 24.3 Å². The number of amides is 4.